The number of ether oxygens (including phenoxy) is 1. The summed E-state index contributed by atoms with van der Waals surface area (Å²) in [4.78, 5) is 0. The van der Waals surface area contributed by atoms with Crippen LogP contribution in [0.15, 0.2) is 0 Å². The standard InChI is InChI=1S/C25H51OS/c1-5-8-10-12-13-14-15-16-18-20-23-27-25(24(4)26-22-7-3)21-19-17-11-9-6-2/h24-25H,3,5-23H2,1-2,4H3. The predicted octanol–water partition coefficient (Wildman–Crippen LogP) is 9.00. The van der Waals surface area contributed by atoms with Crippen LogP contribution in [0.5, 0.6) is 0 Å². The Morgan fingerprint density at radius 2 is 1.19 bits per heavy atom. The zero-order valence-electron chi connectivity index (χ0n) is 19.1. The maximum atomic E-state index is 6.00. The highest BCUT2D eigenvalue weighted by Gasteiger charge is 2.17. The van der Waals surface area contributed by atoms with E-state index < -0.39 is 0 Å². The van der Waals surface area contributed by atoms with Crippen LogP contribution in [0.2, 0.25) is 0 Å². The first kappa shape index (κ1) is 27.3. The molecule has 2 heteroatoms. The molecule has 163 valence electrons. The van der Waals surface area contributed by atoms with Crippen LogP contribution in [0.3, 0.4) is 0 Å². The highest BCUT2D eigenvalue weighted by Crippen LogP contribution is 2.25. The summed E-state index contributed by atoms with van der Waals surface area (Å²) in [7, 11) is 0. The van der Waals surface area contributed by atoms with Gasteiger partial charge >= 0.3 is 0 Å². The zero-order valence-corrected chi connectivity index (χ0v) is 19.9. The molecule has 27 heavy (non-hydrogen) atoms. The molecule has 0 aromatic heterocycles. The van der Waals surface area contributed by atoms with Gasteiger partial charge in [0, 0.05) is 11.9 Å². The zero-order chi connectivity index (χ0) is 20.0. The van der Waals surface area contributed by atoms with E-state index in [1.54, 1.807) is 0 Å². The lowest BCUT2D eigenvalue weighted by molar-refractivity contribution is 0.0657. The minimum atomic E-state index is 0.381. The fraction of sp³-hybridized carbons (Fsp3) is 0.960. The number of hydrogen-bond donors (Lipinski definition) is 0. The first-order valence-corrected chi connectivity index (χ1v) is 13.3. The topological polar surface area (TPSA) is 9.23 Å². The van der Waals surface area contributed by atoms with Crippen molar-refractivity contribution < 1.29 is 4.74 Å². The Balaban J connectivity index is 3.74. The van der Waals surface area contributed by atoms with Crippen molar-refractivity contribution in [2.45, 2.75) is 141 Å². The number of thioether (sulfide) groups is 1. The molecule has 0 aromatic rings. The van der Waals surface area contributed by atoms with Gasteiger partial charge in [-0.15, -0.1) is 0 Å². The van der Waals surface area contributed by atoms with Gasteiger partial charge in [-0.1, -0.05) is 111 Å². The van der Waals surface area contributed by atoms with Crippen LogP contribution in [0.25, 0.3) is 0 Å². The third kappa shape index (κ3) is 19.4. The van der Waals surface area contributed by atoms with E-state index in [0.717, 1.165) is 13.0 Å². The summed E-state index contributed by atoms with van der Waals surface area (Å²) in [6.45, 7) is 11.6. The molecule has 2 unspecified atom stereocenters. The summed E-state index contributed by atoms with van der Waals surface area (Å²) in [6.07, 6.45) is 23.7. The SMILES string of the molecule is [CH2]CCOC(C)C(CCCCCCC)SCCCCCCCCCCCC. The normalized spacial score (nSPS) is 13.8. The monoisotopic (exact) mass is 399 g/mol. The van der Waals surface area contributed by atoms with Gasteiger partial charge in [-0.3, -0.25) is 0 Å². The third-order valence-electron chi connectivity index (χ3n) is 5.47. The molecule has 1 nitrogen and oxygen atoms in total. The molecule has 0 aliphatic rings. The fourth-order valence-corrected chi connectivity index (χ4v) is 4.96. The lowest BCUT2D eigenvalue weighted by atomic mass is 10.1. The Morgan fingerprint density at radius 3 is 1.70 bits per heavy atom. The van der Waals surface area contributed by atoms with E-state index in [9.17, 15) is 0 Å². The van der Waals surface area contributed by atoms with Crippen LogP contribution in [0.1, 0.15) is 130 Å². The molecule has 0 aliphatic heterocycles. The number of rotatable bonds is 22. The summed E-state index contributed by atoms with van der Waals surface area (Å²) in [6, 6.07) is 0. The Bertz CT molecular complexity index is 269. The summed E-state index contributed by atoms with van der Waals surface area (Å²) >= 11 is 2.18. The first-order chi connectivity index (χ1) is 13.3. The molecule has 0 rings (SSSR count). The lowest BCUT2D eigenvalue weighted by Gasteiger charge is -2.24. The Labute approximate surface area is 177 Å². The molecule has 0 N–H and O–H groups in total. The van der Waals surface area contributed by atoms with Crippen molar-refractivity contribution in [1.29, 1.82) is 0 Å². The number of hydrogen-bond acceptors (Lipinski definition) is 2. The van der Waals surface area contributed by atoms with E-state index in [1.165, 1.54) is 108 Å². The van der Waals surface area contributed by atoms with Crippen LogP contribution >= 0.6 is 11.8 Å². The minimum Gasteiger partial charge on any atom is -0.377 e. The van der Waals surface area contributed by atoms with E-state index >= 15 is 0 Å². The second-order valence-corrected chi connectivity index (χ2v) is 9.57. The summed E-state index contributed by atoms with van der Waals surface area (Å²) in [5.41, 5.74) is 0. The number of unbranched alkanes of at least 4 members (excludes halogenated alkanes) is 13. The summed E-state index contributed by atoms with van der Waals surface area (Å²) in [5, 5.41) is 0.678. The quantitative estimate of drug-likeness (QED) is 0.168. The molecule has 0 fully saturated rings. The molecule has 0 heterocycles. The van der Waals surface area contributed by atoms with Crippen molar-refractivity contribution in [1.82, 2.24) is 0 Å². The Kier molecular flexibility index (Phi) is 22.9. The van der Waals surface area contributed by atoms with Gasteiger partial charge in [0.2, 0.25) is 0 Å². The predicted molar refractivity (Wildman–Crippen MR) is 127 cm³/mol. The molecule has 0 spiro atoms. The van der Waals surface area contributed by atoms with Gasteiger partial charge in [-0.05, 0) is 31.9 Å². The Hall–Kier alpha value is 0.310. The van der Waals surface area contributed by atoms with Gasteiger partial charge in [0.25, 0.3) is 0 Å². The van der Waals surface area contributed by atoms with Gasteiger partial charge in [-0.25, -0.2) is 0 Å². The Morgan fingerprint density at radius 1 is 0.704 bits per heavy atom. The van der Waals surface area contributed by atoms with Crippen molar-refractivity contribution in [2.24, 2.45) is 0 Å². The third-order valence-corrected chi connectivity index (χ3v) is 7.04. The lowest BCUT2D eigenvalue weighted by Crippen LogP contribution is -2.24. The van der Waals surface area contributed by atoms with Gasteiger partial charge in [0.05, 0.1) is 6.10 Å². The summed E-state index contributed by atoms with van der Waals surface area (Å²) < 4.78 is 6.00. The maximum Gasteiger partial charge on any atom is 0.0665 e. The van der Waals surface area contributed by atoms with Crippen LogP contribution in [-0.2, 0) is 4.74 Å². The van der Waals surface area contributed by atoms with Crippen LogP contribution in [0, 0.1) is 6.92 Å². The smallest absolute Gasteiger partial charge is 0.0665 e. The van der Waals surface area contributed by atoms with Gasteiger partial charge in [0.15, 0.2) is 0 Å². The summed E-state index contributed by atoms with van der Waals surface area (Å²) in [5.74, 6) is 1.31. The molecule has 0 aliphatic carbocycles. The highest BCUT2D eigenvalue weighted by molar-refractivity contribution is 7.99. The average Bonchev–Trinajstić information content (AvgIpc) is 2.68. The minimum absolute atomic E-state index is 0.381. The molecule has 0 saturated heterocycles. The second-order valence-electron chi connectivity index (χ2n) is 8.22. The van der Waals surface area contributed by atoms with E-state index in [4.69, 9.17) is 4.74 Å². The van der Waals surface area contributed by atoms with E-state index in [1.807, 2.05) is 0 Å². The molecule has 0 saturated carbocycles. The van der Waals surface area contributed by atoms with E-state index in [-0.39, 0.29) is 0 Å². The van der Waals surface area contributed by atoms with Gasteiger partial charge < -0.3 is 4.74 Å². The molecule has 0 aromatic carbocycles. The molecule has 1 radical (unpaired) electrons. The highest BCUT2D eigenvalue weighted by atomic mass is 32.2. The van der Waals surface area contributed by atoms with Crippen molar-refractivity contribution in [3.63, 3.8) is 0 Å². The van der Waals surface area contributed by atoms with Crippen LogP contribution < -0.4 is 0 Å². The van der Waals surface area contributed by atoms with Crippen molar-refractivity contribution in [3.8, 4) is 0 Å². The van der Waals surface area contributed by atoms with Crippen LogP contribution in [-0.4, -0.2) is 23.7 Å². The molecule has 2 atom stereocenters. The second kappa shape index (κ2) is 22.6. The average molecular weight is 400 g/mol. The van der Waals surface area contributed by atoms with Crippen molar-refractivity contribution >= 4 is 11.8 Å². The van der Waals surface area contributed by atoms with Crippen molar-refractivity contribution in [3.05, 3.63) is 6.92 Å². The molecular weight excluding hydrogens is 348 g/mol. The van der Waals surface area contributed by atoms with Gasteiger partial charge in [0.1, 0.15) is 0 Å². The van der Waals surface area contributed by atoms with E-state index in [0.29, 0.717) is 11.4 Å². The molecule has 0 bridgehead atoms. The first-order valence-electron chi connectivity index (χ1n) is 12.3. The van der Waals surface area contributed by atoms with Crippen molar-refractivity contribution in [2.75, 3.05) is 12.4 Å². The largest absolute Gasteiger partial charge is 0.377 e. The molecular formula is C25H51OS. The van der Waals surface area contributed by atoms with Crippen LogP contribution in [0.4, 0.5) is 0 Å². The van der Waals surface area contributed by atoms with Gasteiger partial charge in [-0.2, -0.15) is 11.8 Å². The van der Waals surface area contributed by atoms with E-state index in [2.05, 4.69) is 39.5 Å². The maximum absolute atomic E-state index is 6.00. The molecule has 0 amide bonds. The fourth-order valence-electron chi connectivity index (χ4n) is 3.60.